The van der Waals surface area contributed by atoms with Crippen LogP contribution in [0.4, 0.5) is 0 Å². The number of fused-ring (bicyclic) bond motifs is 3. The number of piperidine rings is 1. The Bertz CT molecular complexity index is 945. The van der Waals surface area contributed by atoms with Crippen LogP contribution in [0.15, 0.2) is 27.5 Å². The smallest absolute Gasteiger partial charge is 0.270 e. The molecule has 0 amide bonds. The molecule has 0 N–H and O–H groups in total. The largest absolute Gasteiger partial charge is 0.429 e. The minimum Gasteiger partial charge on any atom is -0.429 e. The molecular weight excluding hydrogens is 346 g/mol. The van der Waals surface area contributed by atoms with Crippen LogP contribution in [-0.4, -0.2) is 48.9 Å². The Labute approximate surface area is 146 Å². The van der Waals surface area contributed by atoms with E-state index in [0.717, 1.165) is 18.0 Å². The van der Waals surface area contributed by atoms with E-state index in [-0.39, 0.29) is 4.90 Å². The van der Waals surface area contributed by atoms with E-state index in [9.17, 15) is 8.42 Å². The molecule has 1 saturated carbocycles. The second kappa shape index (κ2) is 5.66. The van der Waals surface area contributed by atoms with Crippen molar-refractivity contribution in [3.8, 4) is 0 Å². The zero-order valence-electron chi connectivity index (χ0n) is 13.8. The van der Waals surface area contributed by atoms with Gasteiger partial charge in [0.1, 0.15) is 0 Å². The maximum absolute atomic E-state index is 12.4. The first kappa shape index (κ1) is 16.3. The van der Waals surface area contributed by atoms with Gasteiger partial charge in [-0.2, -0.15) is 0 Å². The Morgan fingerprint density at radius 1 is 1.33 bits per heavy atom. The zero-order valence-corrected chi connectivity index (χ0v) is 15.4. The van der Waals surface area contributed by atoms with Gasteiger partial charge in [-0.15, -0.1) is 0 Å². The molecule has 1 aliphatic carbocycles. The molecule has 4 rings (SSSR count). The molecule has 8 heteroatoms. The van der Waals surface area contributed by atoms with E-state index in [1.165, 1.54) is 37.7 Å². The van der Waals surface area contributed by atoms with E-state index >= 15 is 0 Å². The average Bonchev–Trinajstić information content (AvgIpc) is 3.22. The van der Waals surface area contributed by atoms with Crippen LogP contribution in [0.2, 0.25) is 0 Å². The van der Waals surface area contributed by atoms with Crippen molar-refractivity contribution in [2.75, 3.05) is 20.6 Å². The Balaban J connectivity index is 1.75. The number of likely N-dealkylation sites (tertiary alicyclic amines) is 1. The van der Waals surface area contributed by atoms with Crippen LogP contribution in [-0.2, 0) is 16.7 Å². The third-order valence-corrected chi connectivity index (χ3v) is 7.38. The van der Waals surface area contributed by atoms with Gasteiger partial charge < -0.3 is 4.42 Å². The third-order valence-electron chi connectivity index (χ3n) is 5.26. The van der Waals surface area contributed by atoms with Crippen molar-refractivity contribution < 1.29 is 12.8 Å². The van der Waals surface area contributed by atoms with E-state index < -0.39 is 10.0 Å². The van der Waals surface area contributed by atoms with Gasteiger partial charge in [0, 0.05) is 26.7 Å². The fourth-order valence-electron chi connectivity index (χ4n) is 3.93. The number of hydrogen-bond acceptors (Lipinski definition) is 5. The topological polar surface area (TPSA) is 58.7 Å². The van der Waals surface area contributed by atoms with Crippen LogP contribution in [0.1, 0.15) is 19.3 Å². The molecule has 130 valence electrons. The molecule has 24 heavy (non-hydrogen) atoms. The first-order valence-electron chi connectivity index (χ1n) is 8.16. The highest BCUT2D eigenvalue weighted by atomic mass is 32.2. The molecule has 0 radical (unpaired) electrons. The van der Waals surface area contributed by atoms with Gasteiger partial charge in [0.25, 0.3) is 4.84 Å². The number of benzene rings is 1. The van der Waals surface area contributed by atoms with E-state index in [1.54, 1.807) is 18.2 Å². The van der Waals surface area contributed by atoms with E-state index in [4.69, 9.17) is 16.6 Å². The maximum atomic E-state index is 12.4. The van der Waals surface area contributed by atoms with Crippen molar-refractivity contribution in [3.63, 3.8) is 0 Å². The lowest BCUT2D eigenvalue weighted by Gasteiger charge is -2.26. The summed E-state index contributed by atoms with van der Waals surface area (Å²) in [4.78, 5) is 3.09. The Kier molecular flexibility index (Phi) is 3.83. The van der Waals surface area contributed by atoms with Gasteiger partial charge >= 0.3 is 0 Å². The van der Waals surface area contributed by atoms with Gasteiger partial charge in [0.2, 0.25) is 10.0 Å². The summed E-state index contributed by atoms with van der Waals surface area (Å²) in [7, 11) is -0.420. The summed E-state index contributed by atoms with van der Waals surface area (Å²) in [5, 5.41) is 0. The molecule has 2 heterocycles. The van der Waals surface area contributed by atoms with E-state index in [1.807, 2.05) is 4.57 Å². The van der Waals surface area contributed by atoms with Crippen molar-refractivity contribution in [3.05, 3.63) is 23.0 Å². The predicted octanol–water partition coefficient (Wildman–Crippen LogP) is 2.66. The number of aromatic nitrogens is 1. The van der Waals surface area contributed by atoms with Crippen LogP contribution < -0.4 is 0 Å². The van der Waals surface area contributed by atoms with Crippen LogP contribution in [0.3, 0.4) is 0 Å². The summed E-state index contributed by atoms with van der Waals surface area (Å²) < 4.78 is 33.6. The lowest BCUT2D eigenvalue weighted by Crippen LogP contribution is -2.33. The predicted molar refractivity (Wildman–Crippen MR) is 93.7 cm³/mol. The lowest BCUT2D eigenvalue weighted by molar-refractivity contribution is 0.166. The molecule has 2 atom stereocenters. The van der Waals surface area contributed by atoms with Gasteiger partial charge in [-0.1, -0.05) is 0 Å². The number of nitrogens with zero attached hydrogens (tertiary/aromatic N) is 3. The summed E-state index contributed by atoms with van der Waals surface area (Å²) in [6, 6.07) is 5.54. The van der Waals surface area contributed by atoms with Gasteiger partial charge in [-0.25, -0.2) is 12.7 Å². The minimum atomic E-state index is -3.48. The lowest BCUT2D eigenvalue weighted by atomic mass is 10.1. The average molecular weight is 367 g/mol. The number of rotatable bonds is 4. The quantitative estimate of drug-likeness (QED) is 0.778. The van der Waals surface area contributed by atoms with Crippen LogP contribution in [0, 0.1) is 10.8 Å². The first-order valence-corrected chi connectivity index (χ1v) is 10.0. The number of oxazole rings is 1. The summed E-state index contributed by atoms with van der Waals surface area (Å²) in [5.41, 5.74) is 1.37. The van der Waals surface area contributed by atoms with Crippen molar-refractivity contribution in [2.45, 2.75) is 36.9 Å². The highest BCUT2D eigenvalue weighted by molar-refractivity contribution is 7.89. The van der Waals surface area contributed by atoms with Gasteiger partial charge in [-0.3, -0.25) is 9.47 Å². The summed E-state index contributed by atoms with van der Waals surface area (Å²) in [5.74, 6) is 0.798. The number of sulfonamides is 1. The normalized spacial score (nSPS) is 24.5. The van der Waals surface area contributed by atoms with Gasteiger partial charge in [0.15, 0.2) is 5.58 Å². The second-order valence-electron chi connectivity index (χ2n) is 6.96. The Morgan fingerprint density at radius 2 is 2.12 bits per heavy atom. The third kappa shape index (κ3) is 2.52. The summed E-state index contributed by atoms with van der Waals surface area (Å²) >= 11 is 5.37. The number of hydrogen-bond donors (Lipinski definition) is 0. The fraction of sp³-hybridized carbons (Fsp3) is 0.562. The molecule has 0 spiro atoms. The van der Waals surface area contributed by atoms with Gasteiger partial charge in [-0.05, 0) is 55.6 Å². The monoisotopic (exact) mass is 367 g/mol. The van der Waals surface area contributed by atoms with Crippen molar-refractivity contribution in [1.29, 1.82) is 0 Å². The van der Waals surface area contributed by atoms with Crippen molar-refractivity contribution >= 4 is 33.3 Å². The molecule has 2 fully saturated rings. The van der Waals surface area contributed by atoms with Crippen LogP contribution in [0.5, 0.6) is 0 Å². The molecular formula is C16H21N3O3S2. The Hall–Kier alpha value is -1.22. The molecule has 2 unspecified atom stereocenters. The highest BCUT2D eigenvalue weighted by Crippen LogP contribution is 2.38. The van der Waals surface area contributed by atoms with E-state index in [0.29, 0.717) is 23.1 Å². The molecule has 1 aliphatic heterocycles. The molecule has 6 nitrogen and oxygen atoms in total. The van der Waals surface area contributed by atoms with Gasteiger partial charge in [0.05, 0.1) is 17.1 Å². The zero-order chi connectivity index (χ0) is 17.1. The molecule has 1 aromatic heterocycles. The Morgan fingerprint density at radius 3 is 2.75 bits per heavy atom. The highest BCUT2D eigenvalue weighted by Gasteiger charge is 2.37. The van der Waals surface area contributed by atoms with Crippen molar-refractivity contribution in [1.82, 2.24) is 13.8 Å². The van der Waals surface area contributed by atoms with Crippen molar-refractivity contribution in [2.24, 2.45) is 5.92 Å². The summed E-state index contributed by atoms with van der Waals surface area (Å²) in [6.45, 7) is 1.76. The molecule has 2 aliphatic rings. The SMILES string of the molecule is CN(C)S(=O)(=O)c1ccc2oc(=S)n(CN3CC4CCC3C4)c2c1. The maximum Gasteiger partial charge on any atom is 0.270 e. The standard InChI is InChI=1S/C16H21N3O3S2/c1-17(2)24(20,21)13-5-6-15-14(8-13)19(16(23)22-15)10-18-9-11-3-4-12(18)7-11/h5-6,8,11-12H,3-4,7,9-10H2,1-2H3. The van der Waals surface area contributed by atoms with Crippen LogP contribution >= 0.6 is 12.2 Å². The summed E-state index contributed by atoms with van der Waals surface area (Å²) in [6.07, 6.45) is 3.83. The van der Waals surface area contributed by atoms with E-state index in [2.05, 4.69) is 4.90 Å². The molecule has 1 saturated heterocycles. The molecule has 2 bridgehead atoms. The first-order chi connectivity index (χ1) is 11.4. The van der Waals surface area contributed by atoms with Crippen LogP contribution in [0.25, 0.3) is 11.1 Å². The minimum absolute atomic E-state index is 0.257. The molecule has 2 aromatic rings. The fourth-order valence-corrected chi connectivity index (χ4v) is 5.10. The second-order valence-corrected chi connectivity index (χ2v) is 9.46. The molecule has 1 aromatic carbocycles.